The lowest BCUT2D eigenvalue weighted by molar-refractivity contribution is 0.221. The van der Waals surface area contributed by atoms with Gasteiger partial charge < -0.3 is 4.90 Å². The van der Waals surface area contributed by atoms with Crippen LogP contribution in [-0.2, 0) is 0 Å². The van der Waals surface area contributed by atoms with Crippen LogP contribution in [0.15, 0.2) is 18.6 Å². The molecular formula is C9H12FN3. The molecule has 0 saturated carbocycles. The van der Waals surface area contributed by atoms with E-state index in [2.05, 4.69) is 9.97 Å². The van der Waals surface area contributed by atoms with Crippen LogP contribution < -0.4 is 4.90 Å². The lowest BCUT2D eigenvalue weighted by Crippen LogP contribution is -2.26. The second kappa shape index (κ2) is 2.94. The first kappa shape index (κ1) is 8.41. The van der Waals surface area contributed by atoms with Crippen molar-refractivity contribution < 1.29 is 4.39 Å². The highest BCUT2D eigenvalue weighted by Crippen LogP contribution is 2.27. The van der Waals surface area contributed by atoms with Gasteiger partial charge in [0.05, 0.1) is 12.7 Å². The van der Waals surface area contributed by atoms with E-state index in [4.69, 9.17) is 0 Å². The second-order valence-electron chi connectivity index (χ2n) is 3.65. The van der Waals surface area contributed by atoms with Crippen molar-refractivity contribution in [3.05, 3.63) is 18.6 Å². The fourth-order valence-corrected chi connectivity index (χ4v) is 1.57. The van der Waals surface area contributed by atoms with Crippen LogP contribution in [0, 0.1) is 0 Å². The van der Waals surface area contributed by atoms with Crippen LogP contribution in [0.1, 0.15) is 13.3 Å². The number of aromatic nitrogens is 2. The van der Waals surface area contributed by atoms with Gasteiger partial charge in [0.1, 0.15) is 11.5 Å². The predicted octanol–water partition coefficient (Wildman–Crippen LogP) is 1.41. The third-order valence-corrected chi connectivity index (χ3v) is 2.30. The van der Waals surface area contributed by atoms with Gasteiger partial charge in [-0.1, -0.05) is 0 Å². The Bertz CT molecular complexity index is 286. The molecule has 1 fully saturated rings. The molecule has 1 saturated heterocycles. The summed E-state index contributed by atoms with van der Waals surface area (Å²) < 4.78 is 13.5. The molecule has 0 aromatic carbocycles. The van der Waals surface area contributed by atoms with E-state index >= 15 is 0 Å². The Kier molecular flexibility index (Phi) is 1.90. The smallest absolute Gasteiger partial charge is 0.147 e. The molecule has 13 heavy (non-hydrogen) atoms. The zero-order valence-electron chi connectivity index (χ0n) is 7.57. The van der Waals surface area contributed by atoms with Gasteiger partial charge in [-0.2, -0.15) is 0 Å². The van der Waals surface area contributed by atoms with Gasteiger partial charge in [-0.3, -0.25) is 4.98 Å². The van der Waals surface area contributed by atoms with Crippen molar-refractivity contribution in [3.63, 3.8) is 0 Å². The molecule has 1 aromatic rings. The Hall–Kier alpha value is -1.19. The van der Waals surface area contributed by atoms with Crippen LogP contribution in [0.25, 0.3) is 0 Å². The minimum atomic E-state index is -1.07. The summed E-state index contributed by atoms with van der Waals surface area (Å²) in [5.41, 5.74) is -1.07. The molecule has 0 bridgehead atoms. The molecule has 4 heteroatoms. The van der Waals surface area contributed by atoms with Gasteiger partial charge in [0.2, 0.25) is 0 Å². The van der Waals surface area contributed by atoms with Crippen molar-refractivity contribution in [2.75, 3.05) is 18.0 Å². The van der Waals surface area contributed by atoms with E-state index in [-0.39, 0.29) is 0 Å². The SMILES string of the molecule is CC1(F)CCN(c2cnccn2)C1. The average Bonchev–Trinajstić information content (AvgIpc) is 2.48. The lowest BCUT2D eigenvalue weighted by atomic mass is 10.1. The van der Waals surface area contributed by atoms with E-state index in [9.17, 15) is 4.39 Å². The zero-order valence-corrected chi connectivity index (χ0v) is 7.57. The van der Waals surface area contributed by atoms with Gasteiger partial charge in [0, 0.05) is 25.4 Å². The molecule has 2 rings (SSSR count). The first-order valence-electron chi connectivity index (χ1n) is 4.37. The Morgan fingerprint density at radius 1 is 1.54 bits per heavy atom. The molecule has 1 unspecified atom stereocenters. The van der Waals surface area contributed by atoms with Crippen molar-refractivity contribution in [2.45, 2.75) is 19.0 Å². The van der Waals surface area contributed by atoms with Crippen molar-refractivity contribution in [2.24, 2.45) is 0 Å². The summed E-state index contributed by atoms with van der Waals surface area (Å²) >= 11 is 0. The fraction of sp³-hybridized carbons (Fsp3) is 0.556. The number of hydrogen-bond donors (Lipinski definition) is 0. The van der Waals surface area contributed by atoms with E-state index in [0.29, 0.717) is 13.0 Å². The highest BCUT2D eigenvalue weighted by atomic mass is 19.1. The fourth-order valence-electron chi connectivity index (χ4n) is 1.57. The van der Waals surface area contributed by atoms with Gasteiger partial charge >= 0.3 is 0 Å². The Morgan fingerprint density at radius 3 is 2.92 bits per heavy atom. The molecule has 2 heterocycles. The maximum atomic E-state index is 13.5. The highest BCUT2D eigenvalue weighted by Gasteiger charge is 2.33. The predicted molar refractivity (Wildman–Crippen MR) is 48.4 cm³/mol. The summed E-state index contributed by atoms with van der Waals surface area (Å²) in [4.78, 5) is 10.00. The second-order valence-corrected chi connectivity index (χ2v) is 3.65. The largest absolute Gasteiger partial charge is 0.352 e. The van der Waals surface area contributed by atoms with Crippen LogP contribution in [0.3, 0.4) is 0 Å². The summed E-state index contributed by atoms with van der Waals surface area (Å²) in [6.45, 7) is 2.78. The van der Waals surface area contributed by atoms with Gasteiger partial charge in [0.25, 0.3) is 0 Å². The van der Waals surface area contributed by atoms with Gasteiger partial charge in [-0.25, -0.2) is 9.37 Å². The summed E-state index contributed by atoms with van der Waals surface area (Å²) in [6.07, 6.45) is 5.49. The summed E-state index contributed by atoms with van der Waals surface area (Å²) in [5, 5.41) is 0. The maximum Gasteiger partial charge on any atom is 0.147 e. The van der Waals surface area contributed by atoms with E-state index in [1.54, 1.807) is 25.5 Å². The van der Waals surface area contributed by atoms with Crippen LogP contribution in [0.5, 0.6) is 0 Å². The number of hydrogen-bond acceptors (Lipinski definition) is 3. The van der Waals surface area contributed by atoms with Crippen LogP contribution in [-0.4, -0.2) is 28.7 Å². The standard InChI is InChI=1S/C9H12FN3/c1-9(10)2-5-13(7-9)8-6-11-3-4-12-8/h3-4,6H,2,5,7H2,1H3. The first-order chi connectivity index (χ1) is 6.17. The third-order valence-electron chi connectivity index (χ3n) is 2.30. The molecule has 1 aliphatic rings. The first-order valence-corrected chi connectivity index (χ1v) is 4.37. The quantitative estimate of drug-likeness (QED) is 0.656. The van der Waals surface area contributed by atoms with Crippen molar-refractivity contribution >= 4 is 5.82 Å². The molecule has 0 radical (unpaired) electrons. The molecule has 1 aliphatic heterocycles. The number of rotatable bonds is 1. The molecule has 3 nitrogen and oxygen atoms in total. The molecule has 0 aliphatic carbocycles. The Balaban J connectivity index is 2.13. The van der Waals surface area contributed by atoms with Gasteiger partial charge in [-0.15, -0.1) is 0 Å². The Morgan fingerprint density at radius 2 is 2.38 bits per heavy atom. The van der Waals surface area contributed by atoms with Gasteiger partial charge in [0.15, 0.2) is 0 Å². The zero-order chi connectivity index (χ0) is 9.31. The van der Waals surface area contributed by atoms with Crippen molar-refractivity contribution in [1.82, 2.24) is 9.97 Å². The van der Waals surface area contributed by atoms with E-state index < -0.39 is 5.67 Å². The van der Waals surface area contributed by atoms with Crippen LogP contribution in [0.4, 0.5) is 10.2 Å². The molecule has 0 N–H and O–H groups in total. The number of alkyl halides is 1. The molecule has 1 atom stereocenters. The minimum absolute atomic E-state index is 0.422. The highest BCUT2D eigenvalue weighted by molar-refractivity contribution is 5.37. The molecule has 1 aromatic heterocycles. The topological polar surface area (TPSA) is 29.0 Å². The van der Waals surface area contributed by atoms with Crippen LogP contribution in [0.2, 0.25) is 0 Å². The Labute approximate surface area is 76.6 Å². The average molecular weight is 181 g/mol. The summed E-state index contributed by atoms with van der Waals surface area (Å²) in [6, 6.07) is 0. The normalized spacial score (nSPS) is 28.0. The monoisotopic (exact) mass is 181 g/mol. The van der Waals surface area contributed by atoms with E-state index in [1.165, 1.54) is 0 Å². The third kappa shape index (κ3) is 1.76. The summed E-state index contributed by atoms with van der Waals surface area (Å²) in [7, 11) is 0. The molecular weight excluding hydrogens is 169 g/mol. The van der Waals surface area contributed by atoms with Crippen LogP contribution >= 0.6 is 0 Å². The molecule has 0 spiro atoms. The van der Waals surface area contributed by atoms with E-state index in [0.717, 1.165) is 12.4 Å². The number of nitrogens with zero attached hydrogens (tertiary/aromatic N) is 3. The number of anilines is 1. The van der Waals surface area contributed by atoms with Crippen molar-refractivity contribution in [3.8, 4) is 0 Å². The summed E-state index contributed by atoms with van der Waals surface area (Å²) in [5.74, 6) is 0.767. The minimum Gasteiger partial charge on any atom is -0.352 e. The van der Waals surface area contributed by atoms with E-state index in [1.807, 2.05) is 4.90 Å². The molecule has 0 amide bonds. The van der Waals surface area contributed by atoms with Gasteiger partial charge in [-0.05, 0) is 6.92 Å². The lowest BCUT2D eigenvalue weighted by Gasteiger charge is -2.17. The molecule has 70 valence electrons. The number of halogens is 1. The maximum absolute atomic E-state index is 13.5. The van der Waals surface area contributed by atoms with Crippen molar-refractivity contribution in [1.29, 1.82) is 0 Å².